The predicted octanol–water partition coefficient (Wildman–Crippen LogP) is 4.79. The van der Waals surface area contributed by atoms with Crippen molar-refractivity contribution in [1.82, 2.24) is 0 Å². The molecule has 0 aliphatic heterocycles. The van der Waals surface area contributed by atoms with E-state index in [0.717, 1.165) is 31.2 Å². The molecule has 1 heteroatoms. The second-order valence-corrected chi connectivity index (χ2v) is 6.19. The highest BCUT2D eigenvalue weighted by molar-refractivity contribution is 5.34. The van der Waals surface area contributed by atoms with E-state index < -0.39 is 5.60 Å². The van der Waals surface area contributed by atoms with Crippen LogP contribution in [-0.4, -0.2) is 5.11 Å². The van der Waals surface area contributed by atoms with Crippen LogP contribution < -0.4 is 0 Å². The van der Waals surface area contributed by atoms with Gasteiger partial charge in [0, 0.05) is 5.92 Å². The van der Waals surface area contributed by atoms with Gasteiger partial charge in [0.15, 0.2) is 0 Å². The average Bonchev–Trinajstić information content (AvgIpc) is 2.56. The first kappa shape index (κ1) is 14.3. The molecule has 1 aliphatic carbocycles. The van der Waals surface area contributed by atoms with Crippen LogP contribution in [-0.2, 0) is 12.0 Å². The molecule has 1 nitrogen and oxygen atoms in total. The lowest BCUT2D eigenvalue weighted by Crippen LogP contribution is -2.36. The van der Waals surface area contributed by atoms with Crippen molar-refractivity contribution in [3.05, 3.63) is 71.3 Å². The summed E-state index contributed by atoms with van der Waals surface area (Å²) >= 11 is 0. The van der Waals surface area contributed by atoms with Gasteiger partial charge in [-0.2, -0.15) is 0 Å². The third kappa shape index (κ3) is 2.75. The summed E-state index contributed by atoms with van der Waals surface area (Å²) in [7, 11) is 0. The third-order valence-corrected chi connectivity index (χ3v) is 4.91. The Labute approximate surface area is 127 Å². The fourth-order valence-corrected chi connectivity index (χ4v) is 3.69. The minimum atomic E-state index is -0.717. The molecule has 0 aromatic heterocycles. The molecule has 1 saturated carbocycles. The molecule has 2 unspecified atom stereocenters. The lowest BCUT2D eigenvalue weighted by molar-refractivity contribution is -0.0225. The minimum absolute atomic E-state index is 0.208. The van der Waals surface area contributed by atoms with Gasteiger partial charge in [-0.05, 0) is 36.0 Å². The van der Waals surface area contributed by atoms with Crippen molar-refractivity contribution in [3.8, 4) is 0 Å². The van der Waals surface area contributed by atoms with Gasteiger partial charge in [0.1, 0.15) is 0 Å². The van der Waals surface area contributed by atoms with Gasteiger partial charge >= 0.3 is 0 Å². The van der Waals surface area contributed by atoms with Crippen LogP contribution in [0.2, 0.25) is 0 Å². The zero-order valence-electron chi connectivity index (χ0n) is 12.8. The summed E-state index contributed by atoms with van der Waals surface area (Å²) < 4.78 is 0. The summed E-state index contributed by atoms with van der Waals surface area (Å²) in [4.78, 5) is 0. The van der Waals surface area contributed by atoms with Crippen molar-refractivity contribution in [1.29, 1.82) is 0 Å². The molecule has 0 radical (unpaired) electrons. The molecule has 3 rings (SSSR count). The first-order valence-corrected chi connectivity index (χ1v) is 8.11. The molecular weight excluding hydrogens is 256 g/mol. The fraction of sp³-hybridized carbons (Fsp3) is 0.400. The first-order chi connectivity index (χ1) is 10.2. The van der Waals surface area contributed by atoms with E-state index in [-0.39, 0.29) is 5.92 Å². The maximum atomic E-state index is 11.5. The maximum absolute atomic E-state index is 11.5. The smallest absolute Gasteiger partial charge is 0.0964 e. The summed E-state index contributed by atoms with van der Waals surface area (Å²) in [6, 6.07) is 19.0. The Morgan fingerprint density at radius 2 is 1.86 bits per heavy atom. The molecule has 1 N–H and O–H groups in total. The van der Waals surface area contributed by atoms with Gasteiger partial charge in [0.2, 0.25) is 0 Å². The van der Waals surface area contributed by atoms with Crippen molar-refractivity contribution < 1.29 is 5.11 Å². The minimum Gasteiger partial charge on any atom is -0.385 e. The summed E-state index contributed by atoms with van der Waals surface area (Å²) in [6.07, 6.45) is 5.25. The van der Waals surface area contributed by atoms with Gasteiger partial charge in [-0.1, -0.05) is 74.4 Å². The van der Waals surface area contributed by atoms with Gasteiger partial charge in [0.05, 0.1) is 5.60 Å². The Bertz CT molecular complexity index is 590. The fourth-order valence-electron chi connectivity index (χ4n) is 3.69. The van der Waals surface area contributed by atoms with Crippen LogP contribution in [0.3, 0.4) is 0 Å². The molecule has 0 heterocycles. The molecule has 21 heavy (non-hydrogen) atoms. The number of benzene rings is 2. The largest absolute Gasteiger partial charge is 0.385 e. The van der Waals surface area contributed by atoms with E-state index in [1.165, 1.54) is 17.5 Å². The molecule has 0 spiro atoms. The molecule has 0 amide bonds. The molecule has 110 valence electrons. The molecule has 2 atom stereocenters. The van der Waals surface area contributed by atoms with Crippen molar-refractivity contribution in [3.63, 3.8) is 0 Å². The van der Waals surface area contributed by atoms with Gasteiger partial charge in [-0.25, -0.2) is 0 Å². The Morgan fingerprint density at radius 3 is 2.62 bits per heavy atom. The summed E-state index contributed by atoms with van der Waals surface area (Å²) in [5.41, 5.74) is 2.94. The molecular formula is C20H24O. The second-order valence-electron chi connectivity index (χ2n) is 6.19. The average molecular weight is 280 g/mol. The van der Waals surface area contributed by atoms with Gasteiger partial charge in [-0.3, -0.25) is 0 Å². The van der Waals surface area contributed by atoms with Gasteiger partial charge in [0.25, 0.3) is 0 Å². The van der Waals surface area contributed by atoms with Crippen LogP contribution in [0.15, 0.2) is 54.6 Å². The lowest BCUT2D eigenvalue weighted by atomic mass is 9.68. The number of hydrogen-bond donors (Lipinski definition) is 1. The Hall–Kier alpha value is -1.60. The molecule has 0 saturated heterocycles. The van der Waals surface area contributed by atoms with Gasteiger partial charge in [-0.15, -0.1) is 0 Å². The molecule has 0 bridgehead atoms. The molecule has 1 aliphatic rings. The van der Waals surface area contributed by atoms with Crippen LogP contribution in [0.4, 0.5) is 0 Å². The number of aliphatic hydroxyl groups is 1. The molecule has 2 aromatic rings. The normalized spacial score (nSPS) is 25.7. The Balaban J connectivity index is 2.02. The number of rotatable bonds is 3. The highest BCUT2D eigenvalue weighted by Crippen LogP contribution is 2.47. The van der Waals surface area contributed by atoms with Crippen LogP contribution in [0.25, 0.3) is 0 Å². The summed E-state index contributed by atoms with van der Waals surface area (Å²) in [6.45, 7) is 2.17. The Morgan fingerprint density at radius 1 is 1.05 bits per heavy atom. The zero-order valence-corrected chi connectivity index (χ0v) is 12.8. The lowest BCUT2D eigenvalue weighted by Gasteiger charge is -2.41. The van der Waals surface area contributed by atoms with Crippen LogP contribution in [0.1, 0.15) is 55.2 Å². The van der Waals surface area contributed by atoms with Crippen molar-refractivity contribution in [2.24, 2.45) is 0 Å². The molecule has 2 aromatic carbocycles. The molecule has 1 fully saturated rings. The predicted molar refractivity (Wildman–Crippen MR) is 87.4 cm³/mol. The standard InChI is InChI=1S/C20H24O/c1-2-16-9-8-12-18(15-16)20(21)14-7-6-13-19(20)17-10-4-3-5-11-17/h3-5,8-12,15,19,21H,2,6-7,13-14H2,1H3. The monoisotopic (exact) mass is 280 g/mol. The van der Waals surface area contributed by atoms with Crippen LogP contribution >= 0.6 is 0 Å². The highest BCUT2D eigenvalue weighted by atomic mass is 16.3. The second kappa shape index (κ2) is 6.03. The van der Waals surface area contributed by atoms with Crippen molar-refractivity contribution in [2.45, 2.75) is 50.5 Å². The summed E-state index contributed by atoms with van der Waals surface area (Å²) in [5.74, 6) is 0.208. The number of aryl methyl sites for hydroxylation is 1. The van der Waals surface area contributed by atoms with E-state index in [9.17, 15) is 5.11 Å². The van der Waals surface area contributed by atoms with E-state index >= 15 is 0 Å². The quantitative estimate of drug-likeness (QED) is 0.856. The topological polar surface area (TPSA) is 20.2 Å². The van der Waals surface area contributed by atoms with Gasteiger partial charge < -0.3 is 5.11 Å². The van der Waals surface area contributed by atoms with E-state index in [2.05, 4.69) is 55.5 Å². The van der Waals surface area contributed by atoms with E-state index in [4.69, 9.17) is 0 Å². The van der Waals surface area contributed by atoms with E-state index in [1.807, 2.05) is 6.07 Å². The van der Waals surface area contributed by atoms with Crippen molar-refractivity contribution in [2.75, 3.05) is 0 Å². The third-order valence-electron chi connectivity index (χ3n) is 4.91. The van der Waals surface area contributed by atoms with Crippen LogP contribution in [0, 0.1) is 0 Å². The van der Waals surface area contributed by atoms with Crippen molar-refractivity contribution >= 4 is 0 Å². The number of hydrogen-bond acceptors (Lipinski definition) is 1. The summed E-state index contributed by atoms with van der Waals surface area (Å²) in [5, 5.41) is 11.5. The first-order valence-electron chi connectivity index (χ1n) is 8.11. The SMILES string of the molecule is CCc1cccc(C2(O)CCCCC2c2ccccc2)c1. The van der Waals surface area contributed by atoms with E-state index in [0.29, 0.717) is 0 Å². The highest BCUT2D eigenvalue weighted by Gasteiger charge is 2.41. The van der Waals surface area contributed by atoms with E-state index in [1.54, 1.807) is 0 Å². The zero-order chi connectivity index (χ0) is 14.7. The van der Waals surface area contributed by atoms with Crippen LogP contribution in [0.5, 0.6) is 0 Å². The maximum Gasteiger partial charge on any atom is 0.0964 e. The Kier molecular flexibility index (Phi) is 4.12.